The molecule has 4 rings (SSSR count). The van der Waals surface area contributed by atoms with Crippen molar-refractivity contribution in [2.45, 2.75) is 91.1 Å². The third kappa shape index (κ3) is 10.9. The van der Waals surface area contributed by atoms with Crippen molar-refractivity contribution in [1.82, 2.24) is 25.1 Å². The van der Waals surface area contributed by atoms with Crippen LogP contribution in [0.1, 0.15) is 77.1 Å². The number of imidazole rings is 1. The average molecular weight is 675 g/mol. The highest BCUT2D eigenvalue weighted by atomic mass is 16.6. The van der Waals surface area contributed by atoms with E-state index in [1.54, 1.807) is 31.5 Å². The second kappa shape index (κ2) is 16.1. The second-order valence-electron chi connectivity index (χ2n) is 14.3. The maximum Gasteiger partial charge on any atom is 0.408 e. The minimum Gasteiger partial charge on any atom is -0.444 e. The third-order valence-electron chi connectivity index (χ3n) is 8.24. The van der Waals surface area contributed by atoms with Crippen LogP contribution in [0.4, 0.5) is 10.6 Å². The zero-order valence-electron chi connectivity index (χ0n) is 29.6. The number of aryl methyl sites for hydroxylation is 1. The van der Waals surface area contributed by atoms with Gasteiger partial charge in [0.2, 0.25) is 11.8 Å². The van der Waals surface area contributed by atoms with Gasteiger partial charge in [-0.2, -0.15) is 0 Å². The Labute approximate surface area is 288 Å². The summed E-state index contributed by atoms with van der Waals surface area (Å²) in [6, 6.07) is 15.4. The van der Waals surface area contributed by atoms with E-state index >= 15 is 0 Å². The van der Waals surface area contributed by atoms with Crippen LogP contribution in [0.2, 0.25) is 0 Å². The smallest absolute Gasteiger partial charge is 0.408 e. The van der Waals surface area contributed by atoms with E-state index in [9.17, 15) is 19.2 Å². The number of nitrogens with zero attached hydrogens (tertiary/aromatic N) is 3. The fourth-order valence-corrected chi connectivity index (χ4v) is 5.45. The van der Waals surface area contributed by atoms with Crippen LogP contribution in [0.5, 0.6) is 0 Å². The number of rotatable bonds is 12. The molecule has 3 aromatic rings. The highest BCUT2D eigenvalue weighted by Crippen LogP contribution is 2.26. The number of alkyl carbamates (subject to hydrolysis) is 1. The van der Waals surface area contributed by atoms with Gasteiger partial charge in [0.15, 0.2) is 5.82 Å². The first-order valence-corrected chi connectivity index (χ1v) is 16.7. The summed E-state index contributed by atoms with van der Waals surface area (Å²) in [5.41, 5.74) is 0.555. The molecule has 2 unspecified atom stereocenters. The van der Waals surface area contributed by atoms with Gasteiger partial charge in [0.25, 0.3) is 5.91 Å². The van der Waals surface area contributed by atoms with Crippen LogP contribution < -0.4 is 16.0 Å². The first-order valence-electron chi connectivity index (χ1n) is 16.7. The zero-order valence-corrected chi connectivity index (χ0v) is 29.6. The molecule has 2 heterocycles. The molecule has 0 aliphatic carbocycles. The number of amides is 4. The van der Waals surface area contributed by atoms with E-state index in [0.717, 1.165) is 29.5 Å². The molecule has 2 aromatic carbocycles. The molecular weight excluding hydrogens is 624 g/mol. The summed E-state index contributed by atoms with van der Waals surface area (Å²) >= 11 is 0. The summed E-state index contributed by atoms with van der Waals surface area (Å²) in [5.74, 6) is -0.458. The zero-order chi connectivity index (χ0) is 35.8. The van der Waals surface area contributed by atoms with E-state index in [0.29, 0.717) is 19.0 Å². The molecule has 1 fully saturated rings. The Hall–Kier alpha value is -4.71. The van der Waals surface area contributed by atoms with E-state index in [1.807, 2.05) is 66.4 Å². The van der Waals surface area contributed by atoms with Crippen LogP contribution in [-0.2, 0) is 30.5 Å². The normalized spacial score (nSPS) is 15.2. The van der Waals surface area contributed by atoms with Gasteiger partial charge in [-0.3, -0.25) is 14.4 Å². The van der Waals surface area contributed by atoms with Crippen molar-refractivity contribution in [3.05, 3.63) is 83.8 Å². The van der Waals surface area contributed by atoms with Gasteiger partial charge in [0.1, 0.15) is 23.2 Å². The van der Waals surface area contributed by atoms with E-state index in [2.05, 4.69) is 27.9 Å². The lowest BCUT2D eigenvalue weighted by molar-refractivity contribution is -0.135. The predicted molar refractivity (Wildman–Crippen MR) is 187 cm³/mol. The number of hydrogen-bond acceptors (Lipinski definition) is 7. The maximum absolute atomic E-state index is 13.9. The number of piperidine rings is 1. The van der Waals surface area contributed by atoms with Gasteiger partial charge in [0, 0.05) is 19.3 Å². The van der Waals surface area contributed by atoms with Crippen LogP contribution in [0.3, 0.4) is 0 Å². The molecule has 2 atom stereocenters. The second-order valence-corrected chi connectivity index (χ2v) is 14.3. The molecule has 3 N–H and O–H groups in total. The standard InChI is InChI=1S/C37H50N6O6/c1-25-16-18-42(19-17-25)33(45)31(28-15-11-12-26(2)20-28)43-21-30(38-24-43)40-32(44)29(23-48-22-27-13-9-8-10-14-27)39-34(46)37(6,7)41-35(47)49-36(3,4)5/h8-15,20-21,24-25,29,31H,16-19,22-23H2,1-7H3,(H,39,46)(H,40,44)(H,41,47). The molecule has 1 aromatic heterocycles. The largest absolute Gasteiger partial charge is 0.444 e. The van der Waals surface area contributed by atoms with E-state index < -0.39 is 41.1 Å². The van der Waals surface area contributed by atoms with E-state index in [-0.39, 0.29) is 24.9 Å². The van der Waals surface area contributed by atoms with Crippen LogP contribution >= 0.6 is 0 Å². The number of likely N-dealkylation sites (tertiary alicyclic amines) is 1. The van der Waals surface area contributed by atoms with Crippen molar-refractivity contribution in [3.8, 4) is 0 Å². The first kappa shape index (κ1) is 37.1. The van der Waals surface area contributed by atoms with Gasteiger partial charge in [-0.25, -0.2) is 9.78 Å². The molecule has 12 heteroatoms. The minimum absolute atomic E-state index is 0.0352. The van der Waals surface area contributed by atoms with E-state index in [4.69, 9.17) is 9.47 Å². The summed E-state index contributed by atoms with van der Waals surface area (Å²) in [4.78, 5) is 59.8. The molecule has 12 nitrogen and oxygen atoms in total. The Balaban J connectivity index is 1.52. The number of benzene rings is 2. The summed E-state index contributed by atoms with van der Waals surface area (Å²) in [6.45, 7) is 13.8. The summed E-state index contributed by atoms with van der Waals surface area (Å²) in [7, 11) is 0. The van der Waals surface area contributed by atoms with Gasteiger partial charge >= 0.3 is 6.09 Å². The maximum atomic E-state index is 13.9. The molecule has 264 valence electrons. The molecule has 0 radical (unpaired) electrons. The Bertz CT molecular complexity index is 1590. The Morgan fingerprint density at radius 3 is 2.33 bits per heavy atom. The molecule has 0 spiro atoms. The van der Waals surface area contributed by atoms with Gasteiger partial charge < -0.3 is 34.9 Å². The third-order valence-corrected chi connectivity index (χ3v) is 8.24. The monoisotopic (exact) mass is 674 g/mol. The van der Waals surface area contributed by atoms with Crippen LogP contribution in [-0.4, -0.2) is 75.1 Å². The molecule has 1 aliphatic rings. The predicted octanol–water partition coefficient (Wildman–Crippen LogP) is 4.98. The van der Waals surface area contributed by atoms with Crippen LogP contribution in [0.15, 0.2) is 67.1 Å². The van der Waals surface area contributed by atoms with Crippen molar-refractivity contribution in [2.75, 3.05) is 25.0 Å². The number of ether oxygens (including phenoxy) is 2. The molecule has 1 aliphatic heterocycles. The van der Waals surface area contributed by atoms with Crippen molar-refractivity contribution >= 4 is 29.6 Å². The highest BCUT2D eigenvalue weighted by molar-refractivity contribution is 5.98. The molecular formula is C37H50N6O6. The molecule has 1 saturated heterocycles. The molecule has 0 bridgehead atoms. The summed E-state index contributed by atoms with van der Waals surface area (Å²) < 4.78 is 12.9. The van der Waals surface area contributed by atoms with Gasteiger partial charge in [0.05, 0.1) is 19.5 Å². The number of aromatic nitrogens is 2. The fourth-order valence-electron chi connectivity index (χ4n) is 5.45. The van der Waals surface area contributed by atoms with Gasteiger partial charge in [-0.15, -0.1) is 0 Å². The lowest BCUT2D eigenvalue weighted by Gasteiger charge is -2.33. The molecule has 49 heavy (non-hydrogen) atoms. The van der Waals surface area contributed by atoms with Crippen molar-refractivity contribution in [2.24, 2.45) is 5.92 Å². The van der Waals surface area contributed by atoms with Crippen LogP contribution in [0, 0.1) is 12.8 Å². The lowest BCUT2D eigenvalue weighted by Crippen LogP contribution is -2.59. The minimum atomic E-state index is -1.42. The van der Waals surface area contributed by atoms with E-state index in [1.165, 1.54) is 20.2 Å². The lowest BCUT2D eigenvalue weighted by atomic mass is 9.97. The van der Waals surface area contributed by atoms with Crippen molar-refractivity contribution in [1.29, 1.82) is 0 Å². The van der Waals surface area contributed by atoms with Gasteiger partial charge in [-0.05, 0) is 71.4 Å². The SMILES string of the molecule is Cc1cccc(C(C(=O)N2CCC(C)CC2)n2cnc(NC(=O)C(COCc3ccccc3)NC(=O)C(C)(C)NC(=O)OC(C)(C)C)c2)c1. The molecule has 4 amide bonds. The Morgan fingerprint density at radius 2 is 1.67 bits per heavy atom. The Morgan fingerprint density at radius 1 is 0.980 bits per heavy atom. The summed E-state index contributed by atoms with van der Waals surface area (Å²) in [5, 5.41) is 8.06. The Kier molecular flexibility index (Phi) is 12.2. The van der Waals surface area contributed by atoms with Crippen molar-refractivity contribution < 1.29 is 28.7 Å². The number of carbonyl (C=O) groups excluding carboxylic acids is 4. The molecule has 0 saturated carbocycles. The number of nitrogens with one attached hydrogen (secondary N) is 3. The van der Waals surface area contributed by atoms with Crippen LogP contribution in [0.25, 0.3) is 0 Å². The topological polar surface area (TPSA) is 144 Å². The quantitative estimate of drug-likeness (QED) is 0.246. The first-order chi connectivity index (χ1) is 23.1. The fraction of sp³-hybridized carbons (Fsp3) is 0.486. The summed E-state index contributed by atoms with van der Waals surface area (Å²) in [6.07, 6.45) is 4.27. The van der Waals surface area contributed by atoms with Gasteiger partial charge in [-0.1, -0.05) is 67.1 Å². The number of hydrogen-bond donors (Lipinski definition) is 3. The highest BCUT2D eigenvalue weighted by Gasteiger charge is 2.35. The van der Waals surface area contributed by atoms with Crippen molar-refractivity contribution in [3.63, 3.8) is 0 Å². The average Bonchev–Trinajstić information content (AvgIpc) is 3.47. The number of anilines is 1. The number of carbonyl (C=O) groups is 4.